The van der Waals surface area contributed by atoms with E-state index in [0.29, 0.717) is 5.82 Å². The Bertz CT molecular complexity index is 1960. The van der Waals surface area contributed by atoms with E-state index in [4.69, 9.17) is 0 Å². The van der Waals surface area contributed by atoms with Gasteiger partial charge in [-0.1, -0.05) is 102 Å². The molecule has 3 aromatic heterocycles. The minimum absolute atomic E-state index is 0. The number of fused-ring (bicyclic) bond motifs is 5. The number of imidazole rings is 1. The first kappa shape index (κ1) is 28.2. The van der Waals surface area contributed by atoms with Gasteiger partial charge in [0.1, 0.15) is 0 Å². The van der Waals surface area contributed by atoms with Crippen molar-refractivity contribution in [2.75, 3.05) is 0 Å². The molecule has 0 saturated heterocycles. The number of nitrogens with zero attached hydrogens (tertiary/aromatic N) is 4. The first-order valence-electron chi connectivity index (χ1n) is 13.5. The van der Waals surface area contributed by atoms with E-state index < -0.39 is 7.92 Å². The Morgan fingerprint density at radius 3 is 1.95 bits per heavy atom. The Kier molecular flexibility index (Phi) is 8.01. The van der Waals surface area contributed by atoms with Crippen LogP contribution in [0.2, 0.25) is 0 Å². The number of pyridine rings is 2. The van der Waals surface area contributed by atoms with Gasteiger partial charge in [0.15, 0.2) is 0 Å². The number of hydrogen-bond donors (Lipinski definition) is 0. The molecule has 9 rings (SSSR count). The Labute approximate surface area is 272 Å². The van der Waals surface area contributed by atoms with Crippen LogP contribution in [-0.4, -0.2) is 15.0 Å². The van der Waals surface area contributed by atoms with Crippen molar-refractivity contribution in [3.05, 3.63) is 134 Å². The molecule has 1 unspecified atom stereocenters. The standard InChI is InChI=1S/C23H13NPS2.C12H8N3.Ir/c1-3-10-19-17(8-1)25-18-9-2-4-11-20(18)27-22-14-15(13-21(26-19)23(22)25)16-7-5-6-12-24-16;1-2-6-10-9(5-1)14-12(15-10)11-7-3-4-8-13-11;/h1-13H;1-8H;/q2*-1;. The molecule has 2 aliphatic rings. The van der Waals surface area contributed by atoms with Crippen molar-refractivity contribution in [3.63, 3.8) is 0 Å². The molecule has 0 fully saturated rings. The van der Waals surface area contributed by atoms with E-state index in [-0.39, 0.29) is 20.1 Å². The quantitative estimate of drug-likeness (QED) is 0.134. The fourth-order valence-electron chi connectivity index (χ4n) is 5.12. The number of rotatable bonds is 2. The van der Waals surface area contributed by atoms with Gasteiger partial charge in [0.05, 0.1) is 5.69 Å². The van der Waals surface area contributed by atoms with Gasteiger partial charge in [-0.15, -0.1) is 41.2 Å². The van der Waals surface area contributed by atoms with Crippen LogP contribution in [-0.2, 0) is 20.1 Å². The van der Waals surface area contributed by atoms with E-state index in [9.17, 15) is 0 Å². The maximum atomic E-state index is 4.55. The second-order valence-corrected chi connectivity index (χ2v) is 13.9. The minimum atomic E-state index is -0.526. The zero-order valence-corrected chi connectivity index (χ0v) is 27.4. The SMILES string of the molecule is [Ir].[c-]1c(-c2ccccn2)cc2c3c1Sc1ccccc1P3c1ccccc1S2.c1ccc(-c2nc3ccccc3[n-]2)nc1. The minimum Gasteiger partial charge on any atom is -0.434 e. The Hall–Kier alpha value is -3.57. The van der Waals surface area contributed by atoms with Gasteiger partial charge in [-0.3, -0.25) is 4.98 Å². The third kappa shape index (κ3) is 5.37. The molecule has 1 atom stereocenters. The van der Waals surface area contributed by atoms with Crippen LogP contribution in [0.5, 0.6) is 0 Å². The van der Waals surface area contributed by atoms with E-state index >= 15 is 0 Å². The molecule has 0 bridgehead atoms. The van der Waals surface area contributed by atoms with E-state index in [1.807, 2.05) is 84.3 Å². The van der Waals surface area contributed by atoms with Crippen LogP contribution >= 0.6 is 31.4 Å². The third-order valence-corrected chi connectivity index (χ3v) is 12.5. The van der Waals surface area contributed by atoms with Crippen LogP contribution in [0.3, 0.4) is 0 Å². The summed E-state index contributed by atoms with van der Waals surface area (Å²) in [7, 11) is -0.526. The average Bonchev–Trinajstić information content (AvgIpc) is 3.50. The molecule has 8 heteroatoms. The summed E-state index contributed by atoms with van der Waals surface area (Å²) in [6.45, 7) is 0. The molecule has 0 saturated carbocycles. The van der Waals surface area contributed by atoms with Crippen LogP contribution < -0.4 is 20.9 Å². The number of benzene rings is 4. The van der Waals surface area contributed by atoms with Gasteiger partial charge in [-0.25, -0.2) is 0 Å². The number of para-hydroxylation sites is 2. The van der Waals surface area contributed by atoms with Gasteiger partial charge < -0.3 is 15.0 Å². The zero-order chi connectivity index (χ0) is 27.9. The summed E-state index contributed by atoms with van der Waals surface area (Å²) in [6.07, 6.45) is 3.60. The van der Waals surface area contributed by atoms with E-state index in [1.165, 1.54) is 35.5 Å². The second-order valence-electron chi connectivity index (χ2n) is 9.67. The smallest absolute Gasteiger partial charge is 0.0620 e. The van der Waals surface area contributed by atoms with Crippen molar-refractivity contribution in [1.29, 1.82) is 0 Å². The summed E-state index contributed by atoms with van der Waals surface area (Å²) in [5.74, 6) is 0.691. The normalized spacial score (nSPS) is 13.9. The van der Waals surface area contributed by atoms with Crippen molar-refractivity contribution in [2.45, 2.75) is 19.6 Å². The summed E-state index contributed by atoms with van der Waals surface area (Å²) in [5, 5.41) is 4.41. The number of aromatic nitrogens is 4. The predicted molar refractivity (Wildman–Crippen MR) is 174 cm³/mol. The fourth-order valence-corrected chi connectivity index (χ4v) is 11.0. The molecule has 7 aromatic rings. The van der Waals surface area contributed by atoms with Gasteiger partial charge >= 0.3 is 0 Å². The molecule has 0 amide bonds. The van der Waals surface area contributed by atoms with Crippen molar-refractivity contribution < 1.29 is 20.1 Å². The van der Waals surface area contributed by atoms with Gasteiger partial charge in [-0.05, 0) is 63.5 Å². The maximum absolute atomic E-state index is 4.55. The van der Waals surface area contributed by atoms with Crippen molar-refractivity contribution >= 4 is 58.4 Å². The van der Waals surface area contributed by atoms with Crippen molar-refractivity contribution in [1.82, 2.24) is 19.9 Å². The van der Waals surface area contributed by atoms with Gasteiger partial charge in [-0.2, -0.15) is 0 Å². The van der Waals surface area contributed by atoms with Gasteiger partial charge in [0.25, 0.3) is 0 Å². The van der Waals surface area contributed by atoms with Crippen molar-refractivity contribution in [2.24, 2.45) is 0 Å². The van der Waals surface area contributed by atoms with Crippen LogP contribution in [0.1, 0.15) is 0 Å². The van der Waals surface area contributed by atoms with Crippen LogP contribution in [0.15, 0.2) is 147 Å². The maximum Gasteiger partial charge on any atom is 0.0620 e. The summed E-state index contributed by atoms with van der Waals surface area (Å²) in [6, 6.07) is 43.3. The predicted octanol–water partition coefficient (Wildman–Crippen LogP) is 7.49. The first-order valence-corrected chi connectivity index (χ1v) is 16.5. The van der Waals surface area contributed by atoms with Gasteiger partial charge in [0, 0.05) is 42.3 Å². The molecule has 0 spiro atoms. The van der Waals surface area contributed by atoms with Crippen LogP contribution in [0, 0.1) is 6.07 Å². The monoisotopic (exact) mass is 785 g/mol. The fraction of sp³-hybridized carbons (Fsp3) is 0. The molecule has 5 heterocycles. The number of hydrogen-bond acceptors (Lipinski definition) is 5. The molecule has 0 N–H and O–H groups in total. The third-order valence-electron chi connectivity index (χ3n) is 7.01. The van der Waals surface area contributed by atoms with E-state index in [2.05, 4.69) is 86.7 Å². The molecule has 0 aliphatic carbocycles. The Balaban J connectivity index is 0.000000160. The Morgan fingerprint density at radius 2 is 1.26 bits per heavy atom. The zero-order valence-electron chi connectivity index (χ0n) is 22.5. The molecule has 1 radical (unpaired) electrons. The molecule has 43 heavy (non-hydrogen) atoms. The summed E-state index contributed by atoms with van der Waals surface area (Å²) in [5.41, 5.74) is 4.71. The summed E-state index contributed by atoms with van der Waals surface area (Å²) in [4.78, 5) is 23.0. The molecular weight excluding hydrogens is 764 g/mol. The Morgan fingerprint density at radius 1 is 0.628 bits per heavy atom. The van der Waals surface area contributed by atoms with E-state index in [0.717, 1.165) is 28.0 Å². The van der Waals surface area contributed by atoms with Crippen molar-refractivity contribution in [3.8, 4) is 22.8 Å². The second kappa shape index (κ2) is 12.2. The largest absolute Gasteiger partial charge is 0.434 e. The summed E-state index contributed by atoms with van der Waals surface area (Å²) >= 11 is 3.74. The molecule has 2 aliphatic heterocycles. The van der Waals surface area contributed by atoms with E-state index in [1.54, 1.807) is 6.20 Å². The molecule has 4 nitrogen and oxygen atoms in total. The molecular formula is C35H21IrN4PS2-2. The molecule has 209 valence electrons. The van der Waals surface area contributed by atoms with Gasteiger partial charge in [0.2, 0.25) is 0 Å². The average molecular weight is 785 g/mol. The summed E-state index contributed by atoms with van der Waals surface area (Å²) < 4.78 is 0. The topological polar surface area (TPSA) is 52.8 Å². The van der Waals surface area contributed by atoms with Crippen LogP contribution in [0.4, 0.5) is 0 Å². The van der Waals surface area contributed by atoms with Crippen LogP contribution in [0.25, 0.3) is 33.8 Å². The molecule has 4 aromatic carbocycles. The first-order chi connectivity index (χ1) is 20.8.